The fourth-order valence-electron chi connectivity index (χ4n) is 8.71. The van der Waals surface area contributed by atoms with E-state index in [-0.39, 0.29) is 68.2 Å². The smallest absolute Gasteiger partial charge is 1.00 e. The zero-order valence-corrected chi connectivity index (χ0v) is 52.5. The molecule has 89 heavy (non-hydrogen) atoms. The Kier molecular flexibility index (Phi) is 28.3. The van der Waals surface area contributed by atoms with Gasteiger partial charge in [-0.25, -0.2) is 30.9 Å². The summed E-state index contributed by atoms with van der Waals surface area (Å²) >= 11 is 10.9. The van der Waals surface area contributed by atoms with Crippen LogP contribution in [0.25, 0.3) is 92.3 Å². The minimum atomic E-state index is -0.738. The number of esters is 1. The number of ether oxygens (including phenoxy) is 2. The van der Waals surface area contributed by atoms with Gasteiger partial charge in [-0.1, -0.05) is 188 Å². The molecule has 0 saturated carbocycles. The van der Waals surface area contributed by atoms with Crippen molar-refractivity contribution in [3.8, 4) is 28.6 Å². The molecule has 0 fully saturated rings. The number of fused-ring (bicyclic) bond motifs is 8. The number of aromatic nitrogens is 4. The number of hydrogen-bond donors (Lipinski definition) is 2. The van der Waals surface area contributed by atoms with E-state index in [1.54, 1.807) is 31.2 Å². The molecular formula is C70H53BrCl2MgN8O7. The van der Waals surface area contributed by atoms with Crippen LogP contribution in [0.4, 0.5) is 16.2 Å². The molecule has 0 radical (unpaired) electrons. The summed E-state index contributed by atoms with van der Waals surface area (Å²) in [4.78, 5) is 60.5. The van der Waals surface area contributed by atoms with Crippen LogP contribution in [0.15, 0.2) is 247 Å². The van der Waals surface area contributed by atoms with Crippen LogP contribution in [0.5, 0.6) is 0 Å². The van der Waals surface area contributed by atoms with E-state index in [0.717, 1.165) is 82.0 Å². The zero-order valence-electron chi connectivity index (χ0n) is 48.0. The van der Waals surface area contributed by atoms with Gasteiger partial charge in [0.25, 0.3) is 5.69 Å². The van der Waals surface area contributed by atoms with E-state index in [0.29, 0.717) is 23.2 Å². The first-order valence-corrected chi connectivity index (χ1v) is 27.4. The summed E-state index contributed by atoms with van der Waals surface area (Å²) in [5.41, 5.74) is 11.3. The van der Waals surface area contributed by atoms with Gasteiger partial charge in [0.2, 0.25) is 5.28 Å². The van der Waals surface area contributed by atoms with E-state index in [2.05, 4.69) is 76.7 Å². The molecule has 0 spiro atoms. The number of carbonyl (C=O) groups is 2. The molecule has 438 valence electrons. The SMILES string of the molecule is CCOC(=O)Cl.Clc1nc(-c2ccccc2)c2ccc3ccccc3c2n1.N#Cc1ccc2ccccc2c1N.O=[N+]([O-])c1cccc2ccccc12.O=c1nc(-c2ccccc2)c2ccc3ccccc3c2[nH]1.[Br-].[C-]#[N+]CC(=O)OC.[Mg+2].[c-]1ccccc1. The van der Waals surface area contributed by atoms with E-state index in [1.165, 1.54) is 13.2 Å². The van der Waals surface area contributed by atoms with E-state index >= 15 is 0 Å². The van der Waals surface area contributed by atoms with Gasteiger partial charge in [0, 0.05) is 55.7 Å². The van der Waals surface area contributed by atoms with Crippen molar-refractivity contribution in [1.82, 2.24) is 19.9 Å². The average molecular weight is 1290 g/mol. The zero-order chi connectivity index (χ0) is 61.9. The molecule has 11 aromatic carbocycles. The molecule has 0 atom stereocenters. The number of methoxy groups -OCH3 is 1. The number of hydrogen-bond acceptors (Lipinski definition) is 12. The molecule has 0 aliphatic rings. The molecule has 2 heterocycles. The Morgan fingerprint density at radius 2 is 1.11 bits per heavy atom. The molecule has 0 saturated heterocycles. The molecule has 19 heteroatoms. The summed E-state index contributed by atoms with van der Waals surface area (Å²) in [5, 5.41) is 29.6. The third kappa shape index (κ3) is 19.7. The standard InChI is InChI=1S/C18H11ClN2.C18H12N2O.C11H8N2.C10H7NO2.C6H5.C4H5NO2.C3H5ClO2.BrH.Mg/c19-18-20-16(13-7-2-1-3-8-13)15-11-10-12-6-4-5-9-14(12)17(15)21-18;21-18-19-16(13-7-2-1-3-8-13)15-11-10-12-6-4-5-9-14(12)17(15)20-18;12-7-9-6-5-8-3-1-2-4-10(8)11(9)13;12-11(13)10-7-3-5-8-4-1-2-6-9(8)10;1-2-4-6-5-3-1;1-5-3-4(6)7-2;1-2-6-3(4)5;;/h1-11H;1-11H,(H,19,20,21);1-6H,13H2;1-7H;1-5H;3H2,2H3;2H2,1H3;1H;/q;;;;-1;;;;+2/p-1. The number of nitrogens with zero attached hydrogens (tertiary/aromatic N) is 6. The number of H-pyrrole nitrogens is 1. The van der Waals surface area contributed by atoms with Crippen molar-refractivity contribution < 1.29 is 41.0 Å². The molecular weight excluding hydrogens is 1240 g/mol. The van der Waals surface area contributed by atoms with Crippen LogP contribution < -0.4 is 28.4 Å². The number of nitriles is 1. The number of non-ortho nitro benzene ring substituents is 1. The number of benzene rings is 11. The number of nitro benzene ring substituents is 1. The van der Waals surface area contributed by atoms with Crippen LogP contribution in [-0.4, -0.2) is 79.6 Å². The monoisotopic (exact) mass is 1290 g/mol. The Hall–Kier alpha value is -10.1. The fraction of sp³-hybridized carbons (Fsp3) is 0.0571. The van der Waals surface area contributed by atoms with Crippen molar-refractivity contribution in [1.29, 1.82) is 5.26 Å². The number of nitrogens with two attached hydrogens (primary N) is 1. The quantitative estimate of drug-likeness (QED) is 0.0189. The van der Waals surface area contributed by atoms with Gasteiger partial charge in [0.15, 0.2) is 0 Å². The molecule has 0 bridgehead atoms. The van der Waals surface area contributed by atoms with Crippen LogP contribution in [0, 0.1) is 34.1 Å². The predicted molar refractivity (Wildman–Crippen MR) is 354 cm³/mol. The maximum atomic E-state index is 12.0. The summed E-state index contributed by atoms with van der Waals surface area (Å²) in [5.74, 6) is -0.477. The second-order valence-corrected chi connectivity index (χ2v) is 18.8. The minimum Gasteiger partial charge on any atom is -1.00 e. The number of carbonyl (C=O) groups excluding carboxylic acids is 2. The second kappa shape index (κ2) is 36.1. The molecule has 0 amide bonds. The molecule has 15 nitrogen and oxygen atoms in total. The number of aromatic amines is 1. The van der Waals surface area contributed by atoms with Gasteiger partial charge in [-0.2, -0.15) is 46.6 Å². The van der Waals surface area contributed by atoms with Crippen LogP contribution in [0.1, 0.15) is 12.5 Å². The van der Waals surface area contributed by atoms with Crippen molar-refractivity contribution in [2.45, 2.75) is 6.92 Å². The summed E-state index contributed by atoms with van der Waals surface area (Å²) in [6.45, 7) is 8.03. The van der Waals surface area contributed by atoms with E-state index < -0.39 is 11.4 Å². The fourth-order valence-corrected chi connectivity index (χ4v) is 8.99. The van der Waals surface area contributed by atoms with E-state index in [1.807, 2.05) is 182 Å². The maximum absolute atomic E-state index is 12.0. The normalized spacial score (nSPS) is 9.73. The Bertz CT molecular complexity index is 4600. The Morgan fingerprint density at radius 1 is 0.640 bits per heavy atom. The van der Waals surface area contributed by atoms with Gasteiger partial charge in [0.05, 0.1) is 57.7 Å². The van der Waals surface area contributed by atoms with E-state index in [9.17, 15) is 24.5 Å². The van der Waals surface area contributed by atoms with Crippen LogP contribution >= 0.6 is 23.2 Å². The number of nitrogen functional groups attached to an aromatic ring is 1. The molecule has 0 aliphatic carbocycles. The van der Waals surface area contributed by atoms with Crippen molar-refractivity contribution in [3.63, 3.8) is 0 Å². The first kappa shape index (κ1) is 69.7. The van der Waals surface area contributed by atoms with Gasteiger partial charge < -0.3 is 42.0 Å². The van der Waals surface area contributed by atoms with Crippen LogP contribution in [0.2, 0.25) is 5.28 Å². The molecule has 2 aromatic heterocycles. The van der Waals surface area contributed by atoms with Gasteiger partial charge in [-0.05, 0) is 58.3 Å². The second-order valence-electron chi connectivity index (χ2n) is 18.1. The minimum absolute atomic E-state index is 0. The van der Waals surface area contributed by atoms with E-state index in [4.69, 9.17) is 40.8 Å². The Labute approximate surface area is 549 Å². The molecule has 0 unspecified atom stereocenters. The topological polar surface area (TPSA) is 221 Å². The number of anilines is 1. The molecule has 13 rings (SSSR count). The number of halogens is 3. The average Bonchev–Trinajstić information content (AvgIpc) is 1.01. The summed E-state index contributed by atoms with van der Waals surface area (Å²) in [6.07, 6.45) is 0. The van der Waals surface area contributed by atoms with Gasteiger partial charge in [0.1, 0.15) is 6.07 Å². The maximum Gasteiger partial charge on any atom is 2.00 e. The third-order valence-corrected chi connectivity index (χ3v) is 12.9. The molecule has 13 aromatic rings. The van der Waals surface area contributed by atoms with Crippen molar-refractivity contribution in [2.75, 3.05) is 26.0 Å². The number of nitro groups is 1. The van der Waals surface area contributed by atoms with Crippen LogP contribution in [0.3, 0.4) is 0 Å². The number of rotatable bonds is 5. The molecule has 0 aliphatic heterocycles. The molecule has 3 N–H and O–H groups in total. The summed E-state index contributed by atoms with van der Waals surface area (Å²) < 4.78 is 8.31. The first-order valence-electron chi connectivity index (χ1n) is 26.7. The van der Waals surface area contributed by atoms with Gasteiger partial charge in [-0.3, -0.25) is 10.1 Å². The van der Waals surface area contributed by atoms with Gasteiger partial charge >= 0.3 is 46.7 Å². The van der Waals surface area contributed by atoms with Crippen molar-refractivity contribution >= 4 is 134 Å². The first-order chi connectivity index (χ1) is 42.3. The number of nitrogens with one attached hydrogen (secondary N) is 1. The van der Waals surface area contributed by atoms with Crippen LogP contribution in [-0.2, 0) is 14.3 Å². The van der Waals surface area contributed by atoms with Crippen molar-refractivity contribution in [3.05, 3.63) is 292 Å². The largest absolute Gasteiger partial charge is 2.00 e. The Morgan fingerprint density at radius 3 is 1.61 bits per heavy atom. The summed E-state index contributed by atoms with van der Waals surface area (Å²) in [7, 11) is 1.26. The van der Waals surface area contributed by atoms with Crippen molar-refractivity contribution in [2.24, 2.45) is 0 Å². The third-order valence-electron chi connectivity index (χ3n) is 12.6. The Balaban J connectivity index is 0.000000198. The van der Waals surface area contributed by atoms with Gasteiger partial charge in [-0.15, -0.1) is 0 Å². The summed E-state index contributed by atoms with van der Waals surface area (Å²) in [6, 6.07) is 82.6. The predicted octanol–water partition coefficient (Wildman–Crippen LogP) is 13.5.